The van der Waals surface area contributed by atoms with Gasteiger partial charge in [-0.1, -0.05) is 142 Å². The Morgan fingerprint density at radius 1 is 0.493 bits per heavy atom. The molecule has 0 aromatic carbocycles. The lowest BCUT2D eigenvalue weighted by molar-refractivity contribution is 0.200. The summed E-state index contributed by atoms with van der Waals surface area (Å²) < 4.78 is 0. The van der Waals surface area contributed by atoms with Crippen molar-refractivity contribution in [3.63, 3.8) is 0 Å². The second-order valence-corrected chi connectivity index (χ2v) is 24.3. The van der Waals surface area contributed by atoms with Crippen LogP contribution in [0.5, 0.6) is 0 Å². The van der Waals surface area contributed by atoms with Gasteiger partial charge in [0.1, 0.15) is 23.3 Å². The third kappa shape index (κ3) is 17.6. The third-order valence-corrected chi connectivity index (χ3v) is 15.7. The molecule has 4 aromatic heterocycles. The van der Waals surface area contributed by atoms with E-state index in [9.17, 15) is 0 Å². The average Bonchev–Trinajstić information content (AvgIpc) is 3.40. The van der Waals surface area contributed by atoms with Crippen molar-refractivity contribution in [3.05, 3.63) is 93.1 Å². The largest absolute Gasteiger partial charge is 0.359 e. The Hall–Kier alpha value is -4.24. The zero-order chi connectivity index (χ0) is 56.4. The fraction of sp³-hybridized carbons (Fsp3) is 0.697. The fourth-order valence-corrected chi connectivity index (χ4v) is 11.3. The first-order valence-electron chi connectivity index (χ1n) is 30.2. The molecule has 4 aromatic rings. The van der Waals surface area contributed by atoms with Crippen LogP contribution in [0.15, 0.2) is 42.6 Å². The van der Waals surface area contributed by atoms with Crippen LogP contribution in [-0.2, 0) is 56.9 Å². The molecule has 0 spiro atoms. The number of anilines is 4. The molecule has 0 N–H and O–H groups in total. The summed E-state index contributed by atoms with van der Waals surface area (Å²) >= 11 is 0. The first-order chi connectivity index (χ1) is 35.6. The van der Waals surface area contributed by atoms with E-state index >= 15 is 0 Å². The van der Waals surface area contributed by atoms with E-state index in [4.69, 9.17) is 15.0 Å². The molecule has 6 aliphatic rings. The Morgan fingerprint density at radius 2 is 0.973 bits per heavy atom. The molecular formula is C66H113N9. The molecular weight excluding hydrogens is 919 g/mol. The van der Waals surface area contributed by atoms with Gasteiger partial charge in [0.2, 0.25) is 0 Å². The maximum absolute atomic E-state index is 5.02. The lowest BCUT2D eigenvalue weighted by Gasteiger charge is -2.42. The van der Waals surface area contributed by atoms with E-state index in [2.05, 4.69) is 164 Å². The second kappa shape index (κ2) is 30.1. The first-order valence-corrected chi connectivity index (χ1v) is 30.2. The molecule has 0 amide bonds. The SMILES string of the molecule is CC.CC.CC.CC.CC(C)N1CCc2cc3c(nc2C1)N(C)CCC3.CN1CCCc2cc3c(nc21)CC(C(C)(C)C)CC3.CN1CCCc2ccc(C(C)(C)C)nc21.CN1c2ncccc2CCC1C(C)(C)C. The van der Waals surface area contributed by atoms with Crippen molar-refractivity contribution in [1.29, 1.82) is 0 Å². The van der Waals surface area contributed by atoms with Crippen molar-refractivity contribution in [2.24, 2.45) is 16.7 Å². The van der Waals surface area contributed by atoms with Crippen LogP contribution in [0.25, 0.3) is 0 Å². The summed E-state index contributed by atoms with van der Waals surface area (Å²) in [6.07, 6.45) is 16.5. The highest BCUT2D eigenvalue weighted by atomic mass is 15.2. The summed E-state index contributed by atoms with van der Waals surface area (Å²) in [5, 5.41) is 0. The molecule has 0 saturated heterocycles. The zero-order valence-electron chi connectivity index (χ0n) is 52.8. The lowest BCUT2D eigenvalue weighted by Crippen LogP contribution is -2.45. The molecule has 75 heavy (non-hydrogen) atoms. The van der Waals surface area contributed by atoms with Crippen molar-refractivity contribution in [3.8, 4) is 0 Å². The van der Waals surface area contributed by atoms with Crippen LogP contribution in [-0.4, -0.2) is 91.3 Å². The van der Waals surface area contributed by atoms with Gasteiger partial charge >= 0.3 is 0 Å². The first kappa shape index (κ1) is 65.0. The molecule has 9 nitrogen and oxygen atoms in total. The van der Waals surface area contributed by atoms with Crippen LogP contribution in [0.1, 0.15) is 214 Å². The van der Waals surface area contributed by atoms with Gasteiger partial charge in [-0.3, -0.25) is 4.90 Å². The van der Waals surface area contributed by atoms with E-state index < -0.39 is 0 Å². The minimum atomic E-state index is 0.146. The predicted molar refractivity (Wildman–Crippen MR) is 330 cm³/mol. The smallest absolute Gasteiger partial charge is 0.131 e. The van der Waals surface area contributed by atoms with Gasteiger partial charge < -0.3 is 19.6 Å². The lowest BCUT2D eigenvalue weighted by atomic mass is 9.71. The minimum Gasteiger partial charge on any atom is -0.359 e. The molecule has 422 valence electrons. The normalized spacial score (nSPS) is 18.5. The van der Waals surface area contributed by atoms with Gasteiger partial charge in [0.25, 0.3) is 0 Å². The molecule has 2 unspecified atom stereocenters. The topological polar surface area (TPSA) is 67.8 Å². The van der Waals surface area contributed by atoms with Gasteiger partial charge in [0.05, 0.1) is 5.69 Å². The van der Waals surface area contributed by atoms with E-state index in [1.54, 1.807) is 0 Å². The molecule has 1 aliphatic carbocycles. The van der Waals surface area contributed by atoms with Gasteiger partial charge in [-0.25, -0.2) is 19.9 Å². The Balaban J connectivity index is 0.000000253. The molecule has 0 radical (unpaired) electrons. The number of fused-ring (bicyclic) bond motifs is 6. The number of hydrogen-bond acceptors (Lipinski definition) is 9. The molecule has 0 bridgehead atoms. The van der Waals surface area contributed by atoms with Gasteiger partial charge in [0.15, 0.2) is 0 Å². The van der Waals surface area contributed by atoms with Crippen LogP contribution >= 0.6 is 0 Å². The number of pyridine rings is 4. The number of aromatic nitrogens is 4. The Morgan fingerprint density at radius 3 is 1.48 bits per heavy atom. The van der Waals surface area contributed by atoms with Gasteiger partial charge in [-0.05, 0) is 153 Å². The Kier molecular flexibility index (Phi) is 26.1. The van der Waals surface area contributed by atoms with Crippen molar-refractivity contribution in [2.45, 2.75) is 233 Å². The number of hydrogen-bond donors (Lipinski definition) is 0. The third-order valence-electron chi connectivity index (χ3n) is 15.7. The van der Waals surface area contributed by atoms with Crippen LogP contribution in [0, 0.1) is 16.7 Å². The van der Waals surface area contributed by atoms with E-state index in [0.29, 0.717) is 22.9 Å². The number of aryl methyl sites for hydroxylation is 5. The van der Waals surface area contributed by atoms with Crippen LogP contribution in [0.2, 0.25) is 0 Å². The molecule has 10 rings (SSSR count). The summed E-state index contributed by atoms with van der Waals surface area (Å²) in [6.45, 7) is 46.8. The maximum Gasteiger partial charge on any atom is 0.131 e. The summed E-state index contributed by atoms with van der Waals surface area (Å²) in [4.78, 5) is 31.0. The molecule has 0 saturated carbocycles. The van der Waals surface area contributed by atoms with Crippen molar-refractivity contribution < 1.29 is 0 Å². The molecule has 2 atom stereocenters. The summed E-state index contributed by atoms with van der Waals surface area (Å²) in [7, 11) is 8.65. The summed E-state index contributed by atoms with van der Waals surface area (Å²) in [5.74, 6) is 5.61. The highest BCUT2D eigenvalue weighted by Crippen LogP contribution is 2.39. The van der Waals surface area contributed by atoms with Gasteiger partial charge in [0, 0.05) is 96.0 Å². The second-order valence-electron chi connectivity index (χ2n) is 24.3. The van der Waals surface area contributed by atoms with Crippen molar-refractivity contribution >= 4 is 23.3 Å². The van der Waals surface area contributed by atoms with E-state index in [1.165, 1.54) is 144 Å². The highest BCUT2D eigenvalue weighted by Gasteiger charge is 2.34. The molecule has 5 aliphatic heterocycles. The molecule has 9 heterocycles. The van der Waals surface area contributed by atoms with Gasteiger partial charge in [-0.15, -0.1) is 0 Å². The predicted octanol–water partition coefficient (Wildman–Crippen LogP) is 15.6. The monoisotopic (exact) mass is 1030 g/mol. The quantitative estimate of drug-likeness (QED) is 0.185. The van der Waals surface area contributed by atoms with E-state index in [1.807, 2.05) is 67.7 Å². The fourth-order valence-electron chi connectivity index (χ4n) is 11.3. The van der Waals surface area contributed by atoms with Crippen molar-refractivity contribution in [1.82, 2.24) is 24.8 Å². The summed E-state index contributed by atoms with van der Waals surface area (Å²) in [6, 6.07) is 14.7. The Bertz CT molecular complexity index is 2300. The average molecular weight is 1030 g/mol. The van der Waals surface area contributed by atoms with Crippen LogP contribution in [0.4, 0.5) is 23.3 Å². The van der Waals surface area contributed by atoms with Crippen LogP contribution < -0.4 is 19.6 Å². The van der Waals surface area contributed by atoms with Crippen molar-refractivity contribution in [2.75, 3.05) is 74.0 Å². The number of nitrogens with zero attached hydrogens (tertiary/aromatic N) is 9. The highest BCUT2D eigenvalue weighted by molar-refractivity contribution is 5.54. The maximum atomic E-state index is 5.02. The summed E-state index contributed by atoms with van der Waals surface area (Å²) in [5.41, 5.74) is 13.5. The molecule has 0 fully saturated rings. The standard InChI is InChI=1S/C17H26N2.C15H23N3.2C13H20N2.4C2H6/c1-17(2,3)14-8-7-12-10-13-6-5-9-19(4)16(13)18-15(12)11-14;1-11(2)18-8-6-12-9-13-5-4-7-17(3)15(13)16-14(12)10-18;1-13(2,3)11-8-7-10-6-5-9-15(4)12(10)14-11;1-13(2,3)11-8-7-10-6-5-9-14-12(10)15(11)4;4*1-2/h10,14H,5-9,11H2,1-4H3;9,11H,4-8,10H2,1-3H3;7-8H,5-6,9H2,1-4H3;5-6,9,11H,7-8H2,1-4H3;4*1-2H3. The zero-order valence-corrected chi connectivity index (χ0v) is 52.8. The minimum absolute atomic E-state index is 0.146. The van der Waals surface area contributed by atoms with Crippen LogP contribution in [0.3, 0.4) is 0 Å². The van der Waals surface area contributed by atoms with Gasteiger partial charge in [-0.2, -0.15) is 0 Å². The van der Waals surface area contributed by atoms with E-state index in [-0.39, 0.29) is 5.41 Å². The number of rotatable bonds is 1. The Labute approximate surface area is 462 Å². The van der Waals surface area contributed by atoms with E-state index in [0.717, 1.165) is 44.9 Å². The molecule has 9 heteroatoms.